The molecule has 0 aliphatic carbocycles. The quantitative estimate of drug-likeness (QED) is 0.608. The highest BCUT2D eigenvalue weighted by atomic mass is 32.1. The number of thiazole rings is 1. The van der Waals surface area contributed by atoms with E-state index in [9.17, 15) is 4.79 Å². The predicted molar refractivity (Wildman–Crippen MR) is 117 cm³/mol. The average Bonchev–Trinajstić information content (AvgIpc) is 3.00. The minimum atomic E-state index is 0.252. The smallest absolute Gasteiger partial charge is 0.227 e. The number of benzene rings is 2. The molecule has 4 heteroatoms. The molecule has 2 heterocycles. The third-order valence-electron chi connectivity index (χ3n) is 5.69. The monoisotopic (exact) mass is 392 g/mol. The number of carbonyl (C=O) groups excluding carboxylic acids is 1. The normalized spacial score (nSPS) is 19.9. The molecule has 28 heavy (non-hydrogen) atoms. The first-order valence-electron chi connectivity index (χ1n) is 10.2. The molecule has 0 saturated carbocycles. The van der Waals surface area contributed by atoms with Crippen LogP contribution in [0.4, 0.5) is 0 Å². The SMILES string of the molecule is Cc1nc(Cc2cccc3ccccc23)sc1CC(=O)N1CC(C)CC(C)C1. The average molecular weight is 393 g/mol. The maximum atomic E-state index is 12.9. The van der Waals surface area contributed by atoms with Gasteiger partial charge in [0, 0.05) is 24.4 Å². The van der Waals surface area contributed by atoms with Gasteiger partial charge in [0.1, 0.15) is 0 Å². The van der Waals surface area contributed by atoms with E-state index in [1.54, 1.807) is 11.3 Å². The zero-order chi connectivity index (χ0) is 19.7. The first kappa shape index (κ1) is 19.1. The predicted octanol–water partition coefficient (Wildman–Crippen LogP) is 5.24. The van der Waals surface area contributed by atoms with Gasteiger partial charge in [-0.25, -0.2) is 4.98 Å². The van der Waals surface area contributed by atoms with Gasteiger partial charge in [0.2, 0.25) is 5.91 Å². The second kappa shape index (κ2) is 8.04. The molecule has 0 spiro atoms. The van der Waals surface area contributed by atoms with Gasteiger partial charge in [0.15, 0.2) is 0 Å². The Balaban J connectivity index is 1.50. The summed E-state index contributed by atoms with van der Waals surface area (Å²) < 4.78 is 0. The maximum Gasteiger partial charge on any atom is 0.227 e. The van der Waals surface area contributed by atoms with Crippen LogP contribution in [-0.4, -0.2) is 28.9 Å². The Hall–Kier alpha value is -2.20. The third-order valence-corrected chi connectivity index (χ3v) is 6.85. The summed E-state index contributed by atoms with van der Waals surface area (Å²) in [7, 11) is 0. The summed E-state index contributed by atoms with van der Waals surface area (Å²) in [6.45, 7) is 8.31. The Kier molecular flexibility index (Phi) is 5.49. The van der Waals surface area contributed by atoms with Crippen LogP contribution >= 0.6 is 11.3 Å². The van der Waals surface area contributed by atoms with Crippen molar-refractivity contribution < 1.29 is 4.79 Å². The lowest BCUT2D eigenvalue weighted by molar-refractivity contribution is -0.133. The molecule has 1 saturated heterocycles. The maximum absolute atomic E-state index is 12.9. The van der Waals surface area contributed by atoms with Crippen molar-refractivity contribution in [3.63, 3.8) is 0 Å². The lowest BCUT2D eigenvalue weighted by Crippen LogP contribution is -2.43. The van der Waals surface area contributed by atoms with Gasteiger partial charge < -0.3 is 4.90 Å². The summed E-state index contributed by atoms with van der Waals surface area (Å²) >= 11 is 1.70. The molecule has 0 bridgehead atoms. The molecule has 0 radical (unpaired) electrons. The molecule has 0 N–H and O–H groups in total. The van der Waals surface area contributed by atoms with Gasteiger partial charge in [-0.3, -0.25) is 4.79 Å². The molecule has 3 aromatic rings. The van der Waals surface area contributed by atoms with Crippen molar-refractivity contribution in [3.05, 3.63) is 63.6 Å². The van der Waals surface area contributed by atoms with Crippen molar-refractivity contribution in [2.75, 3.05) is 13.1 Å². The summed E-state index contributed by atoms with van der Waals surface area (Å²) in [6, 6.07) is 14.9. The van der Waals surface area contributed by atoms with Gasteiger partial charge in [-0.05, 0) is 41.5 Å². The fourth-order valence-electron chi connectivity index (χ4n) is 4.45. The Labute approximate surface area is 171 Å². The van der Waals surface area contributed by atoms with E-state index >= 15 is 0 Å². The van der Waals surface area contributed by atoms with E-state index in [1.807, 2.05) is 6.92 Å². The van der Waals surface area contributed by atoms with Crippen LogP contribution in [-0.2, 0) is 17.6 Å². The lowest BCUT2D eigenvalue weighted by atomic mass is 9.92. The number of fused-ring (bicyclic) bond motifs is 1. The van der Waals surface area contributed by atoms with E-state index < -0.39 is 0 Å². The Morgan fingerprint density at radius 3 is 2.61 bits per heavy atom. The van der Waals surface area contributed by atoms with Gasteiger partial charge >= 0.3 is 0 Å². The second-order valence-corrected chi connectivity index (χ2v) is 9.52. The number of aromatic nitrogens is 1. The molecule has 1 fully saturated rings. The van der Waals surface area contributed by atoms with Crippen LogP contribution < -0.4 is 0 Å². The van der Waals surface area contributed by atoms with Crippen LogP contribution in [0.2, 0.25) is 0 Å². The van der Waals surface area contributed by atoms with Gasteiger partial charge in [0.05, 0.1) is 17.1 Å². The number of nitrogens with zero attached hydrogens (tertiary/aromatic N) is 2. The highest BCUT2D eigenvalue weighted by Gasteiger charge is 2.26. The summed E-state index contributed by atoms with van der Waals surface area (Å²) in [5.74, 6) is 1.44. The number of carbonyl (C=O) groups is 1. The number of aryl methyl sites for hydroxylation is 1. The van der Waals surface area contributed by atoms with Gasteiger partial charge in [-0.15, -0.1) is 11.3 Å². The Bertz CT molecular complexity index is 978. The largest absolute Gasteiger partial charge is 0.342 e. The van der Waals surface area contributed by atoms with Crippen LogP contribution in [0, 0.1) is 18.8 Å². The van der Waals surface area contributed by atoms with Crippen molar-refractivity contribution in [1.29, 1.82) is 0 Å². The molecule has 4 rings (SSSR count). The number of piperidine rings is 1. The van der Waals surface area contributed by atoms with E-state index in [1.165, 1.54) is 22.8 Å². The minimum Gasteiger partial charge on any atom is -0.342 e. The number of hydrogen-bond acceptors (Lipinski definition) is 3. The summed E-state index contributed by atoms with van der Waals surface area (Å²) in [5, 5.41) is 3.64. The molecular weight excluding hydrogens is 364 g/mol. The summed E-state index contributed by atoms with van der Waals surface area (Å²) in [4.78, 5) is 20.8. The van der Waals surface area contributed by atoms with Crippen molar-refractivity contribution in [3.8, 4) is 0 Å². The van der Waals surface area contributed by atoms with Crippen LogP contribution in [0.5, 0.6) is 0 Å². The summed E-state index contributed by atoms with van der Waals surface area (Å²) in [6.07, 6.45) is 2.52. The Morgan fingerprint density at radius 2 is 1.82 bits per heavy atom. The molecule has 146 valence electrons. The zero-order valence-corrected chi connectivity index (χ0v) is 17.8. The summed E-state index contributed by atoms with van der Waals surface area (Å²) in [5.41, 5.74) is 2.30. The molecule has 3 nitrogen and oxygen atoms in total. The van der Waals surface area contributed by atoms with Crippen LogP contribution in [0.25, 0.3) is 10.8 Å². The molecule has 2 unspecified atom stereocenters. The van der Waals surface area contributed by atoms with Crippen LogP contribution in [0.15, 0.2) is 42.5 Å². The Morgan fingerprint density at radius 1 is 1.11 bits per heavy atom. The molecule has 1 aromatic heterocycles. The molecule has 2 atom stereocenters. The zero-order valence-electron chi connectivity index (χ0n) is 16.9. The van der Waals surface area contributed by atoms with Gasteiger partial charge in [-0.2, -0.15) is 0 Å². The van der Waals surface area contributed by atoms with Crippen molar-refractivity contribution >= 4 is 28.0 Å². The standard InChI is InChI=1S/C24H28N2OS/c1-16-11-17(2)15-26(14-16)24(27)13-22-18(3)25-23(28-22)12-20-9-6-8-19-7-4-5-10-21(19)20/h4-10,16-17H,11-15H2,1-3H3. The molecule has 1 aliphatic rings. The number of hydrogen-bond donors (Lipinski definition) is 0. The number of rotatable bonds is 4. The molecule has 1 amide bonds. The molecule has 2 aromatic carbocycles. The van der Waals surface area contributed by atoms with E-state index in [-0.39, 0.29) is 5.91 Å². The third kappa shape index (κ3) is 4.12. The topological polar surface area (TPSA) is 33.2 Å². The van der Waals surface area contributed by atoms with Crippen molar-refractivity contribution in [2.45, 2.75) is 40.0 Å². The van der Waals surface area contributed by atoms with E-state index in [2.05, 4.69) is 61.2 Å². The fourth-order valence-corrected chi connectivity index (χ4v) is 5.54. The van der Waals surface area contributed by atoms with E-state index in [0.29, 0.717) is 18.3 Å². The van der Waals surface area contributed by atoms with Crippen LogP contribution in [0.1, 0.15) is 41.4 Å². The van der Waals surface area contributed by atoms with Crippen molar-refractivity contribution in [1.82, 2.24) is 9.88 Å². The minimum absolute atomic E-state index is 0.252. The van der Waals surface area contributed by atoms with Gasteiger partial charge in [-0.1, -0.05) is 56.3 Å². The van der Waals surface area contributed by atoms with E-state index in [0.717, 1.165) is 35.1 Å². The first-order valence-corrected chi connectivity index (χ1v) is 11.0. The van der Waals surface area contributed by atoms with Crippen LogP contribution in [0.3, 0.4) is 0 Å². The number of amides is 1. The molecule has 1 aliphatic heterocycles. The van der Waals surface area contributed by atoms with E-state index in [4.69, 9.17) is 4.98 Å². The van der Waals surface area contributed by atoms with Crippen molar-refractivity contribution in [2.24, 2.45) is 11.8 Å². The second-order valence-electron chi connectivity index (χ2n) is 8.35. The highest BCUT2D eigenvalue weighted by molar-refractivity contribution is 7.11. The highest BCUT2D eigenvalue weighted by Crippen LogP contribution is 2.27. The first-order chi connectivity index (χ1) is 13.5. The fraction of sp³-hybridized carbons (Fsp3) is 0.417. The lowest BCUT2D eigenvalue weighted by Gasteiger charge is -2.35. The number of likely N-dealkylation sites (tertiary alicyclic amines) is 1. The molecular formula is C24H28N2OS. The van der Waals surface area contributed by atoms with Gasteiger partial charge in [0.25, 0.3) is 0 Å².